The van der Waals surface area contributed by atoms with Crippen molar-refractivity contribution >= 4 is 17.0 Å². The molecular weight excluding hydrogens is 397 g/mol. The fraction of sp³-hybridized carbons (Fsp3) is 0.364. The van der Waals surface area contributed by atoms with Crippen LogP contribution < -0.4 is 5.69 Å². The Kier molecular flexibility index (Phi) is 6.05. The van der Waals surface area contributed by atoms with Gasteiger partial charge in [0.05, 0.1) is 29.1 Å². The summed E-state index contributed by atoms with van der Waals surface area (Å²) >= 11 is 0. The van der Waals surface area contributed by atoms with E-state index in [4.69, 9.17) is 0 Å². The van der Waals surface area contributed by atoms with Gasteiger partial charge in [0.15, 0.2) is 0 Å². The van der Waals surface area contributed by atoms with Crippen LogP contribution in [0.5, 0.6) is 0 Å². The van der Waals surface area contributed by atoms with Gasteiger partial charge in [0.25, 0.3) is 0 Å². The van der Waals surface area contributed by atoms with Gasteiger partial charge < -0.3 is 5.11 Å². The van der Waals surface area contributed by atoms with Crippen LogP contribution in [0.3, 0.4) is 0 Å². The van der Waals surface area contributed by atoms with Crippen molar-refractivity contribution in [1.29, 1.82) is 0 Å². The minimum Gasteiger partial charge on any atom is -0.481 e. The summed E-state index contributed by atoms with van der Waals surface area (Å²) in [7, 11) is 0. The summed E-state index contributed by atoms with van der Waals surface area (Å²) in [6.07, 6.45) is -3.39. The fourth-order valence-corrected chi connectivity index (χ4v) is 3.65. The molecular formula is C22H23F3N2O3. The number of hydrogen-bond acceptors (Lipinski definition) is 2. The van der Waals surface area contributed by atoms with Crippen molar-refractivity contribution < 1.29 is 23.1 Å². The molecule has 3 aromatic rings. The number of fused-ring (bicyclic) bond motifs is 1. The summed E-state index contributed by atoms with van der Waals surface area (Å²) in [4.78, 5) is 24.7. The van der Waals surface area contributed by atoms with Crippen LogP contribution in [0.2, 0.25) is 0 Å². The van der Waals surface area contributed by atoms with Gasteiger partial charge in [0, 0.05) is 6.54 Å². The predicted octanol–water partition coefficient (Wildman–Crippen LogP) is 4.68. The largest absolute Gasteiger partial charge is 0.481 e. The number of aromatic nitrogens is 2. The molecule has 2 aromatic carbocycles. The minimum absolute atomic E-state index is 0.0110. The van der Waals surface area contributed by atoms with Crippen LogP contribution in [0, 0.1) is 12.8 Å². The van der Waals surface area contributed by atoms with E-state index in [-0.39, 0.29) is 13.1 Å². The Morgan fingerprint density at radius 2 is 1.73 bits per heavy atom. The Hall–Kier alpha value is -3.03. The first-order valence-corrected chi connectivity index (χ1v) is 9.71. The molecule has 0 spiro atoms. The highest BCUT2D eigenvalue weighted by atomic mass is 19.4. The number of aryl methyl sites for hydroxylation is 1. The molecule has 0 aliphatic carbocycles. The normalized spacial score (nSPS) is 13.0. The molecule has 1 unspecified atom stereocenters. The molecule has 0 aliphatic heterocycles. The highest BCUT2D eigenvalue weighted by molar-refractivity contribution is 5.76. The lowest BCUT2D eigenvalue weighted by Crippen LogP contribution is -2.30. The lowest BCUT2D eigenvalue weighted by atomic mass is 10.0. The standard InChI is InChI=1S/C22H23F3N2O3/c1-3-6-15(20(28)29)12-26-18-7-4-5-8-19(18)27(21(26)30)13-16-11-17(22(23,24)25)10-9-14(16)2/h4-5,7-11,15H,3,6,12-13H2,1-2H3,(H,28,29). The molecule has 3 rings (SSSR count). The molecule has 1 N–H and O–H groups in total. The van der Waals surface area contributed by atoms with Crippen molar-refractivity contribution in [3.8, 4) is 0 Å². The van der Waals surface area contributed by atoms with Gasteiger partial charge in [-0.3, -0.25) is 13.9 Å². The number of hydrogen-bond donors (Lipinski definition) is 1. The Bertz CT molecular complexity index is 1130. The van der Waals surface area contributed by atoms with Crippen molar-refractivity contribution in [3.05, 3.63) is 69.6 Å². The van der Waals surface area contributed by atoms with E-state index in [1.807, 2.05) is 6.92 Å². The molecule has 0 radical (unpaired) electrons. The molecule has 30 heavy (non-hydrogen) atoms. The summed E-state index contributed by atoms with van der Waals surface area (Å²) in [5.74, 6) is -1.70. The first-order valence-electron chi connectivity index (χ1n) is 9.71. The first-order chi connectivity index (χ1) is 14.1. The highest BCUT2D eigenvalue weighted by Gasteiger charge is 2.31. The van der Waals surface area contributed by atoms with Crippen molar-refractivity contribution in [2.24, 2.45) is 5.92 Å². The number of nitrogens with zero attached hydrogens (tertiary/aromatic N) is 2. The Morgan fingerprint density at radius 1 is 1.10 bits per heavy atom. The lowest BCUT2D eigenvalue weighted by molar-refractivity contribution is -0.142. The van der Waals surface area contributed by atoms with E-state index in [0.717, 1.165) is 12.1 Å². The number of aliphatic carboxylic acids is 1. The van der Waals surface area contributed by atoms with Crippen molar-refractivity contribution in [1.82, 2.24) is 9.13 Å². The lowest BCUT2D eigenvalue weighted by Gasteiger charge is -2.13. The van der Waals surface area contributed by atoms with E-state index in [1.54, 1.807) is 31.2 Å². The van der Waals surface area contributed by atoms with Crippen molar-refractivity contribution in [3.63, 3.8) is 0 Å². The van der Waals surface area contributed by atoms with Crippen LogP contribution in [-0.4, -0.2) is 20.2 Å². The summed E-state index contributed by atoms with van der Waals surface area (Å²) in [5.41, 5.74) is 0.942. The average molecular weight is 420 g/mol. The van der Waals surface area contributed by atoms with E-state index in [1.165, 1.54) is 15.2 Å². The van der Waals surface area contributed by atoms with Gasteiger partial charge in [-0.05, 0) is 48.7 Å². The second kappa shape index (κ2) is 8.38. The van der Waals surface area contributed by atoms with Gasteiger partial charge in [0.2, 0.25) is 0 Å². The Morgan fingerprint density at radius 3 is 2.30 bits per heavy atom. The maximum absolute atomic E-state index is 13.2. The molecule has 160 valence electrons. The molecule has 0 amide bonds. The number of carbonyl (C=O) groups is 1. The third-order valence-corrected chi connectivity index (χ3v) is 5.32. The number of rotatable bonds is 7. The minimum atomic E-state index is -4.48. The number of carboxylic acid groups (broad SMARTS) is 1. The molecule has 0 bridgehead atoms. The molecule has 0 aliphatic rings. The number of carboxylic acids is 1. The Labute approximate surface area is 171 Å². The van der Waals surface area contributed by atoms with E-state index >= 15 is 0 Å². The van der Waals surface area contributed by atoms with Crippen LogP contribution in [-0.2, 0) is 24.1 Å². The molecule has 0 saturated heterocycles. The third-order valence-electron chi connectivity index (χ3n) is 5.32. The molecule has 1 aromatic heterocycles. The first kappa shape index (κ1) is 21.7. The zero-order valence-corrected chi connectivity index (χ0v) is 16.7. The topological polar surface area (TPSA) is 64.2 Å². The summed E-state index contributed by atoms with van der Waals surface area (Å²) in [5, 5.41) is 9.49. The quantitative estimate of drug-likeness (QED) is 0.604. The number of benzene rings is 2. The van der Waals surface area contributed by atoms with E-state index < -0.39 is 29.3 Å². The summed E-state index contributed by atoms with van der Waals surface area (Å²) in [6, 6.07) is 10.4. The number of imidazole rings is 1. The van der Waals surface area contributed by atoms with Crippen molar-refractivity contribution in [2.75, 3.05) is 0 Å². The molecule has 0 saturated carbocycles. The van der Waals surface area contributed by atoms with Crippen molar-refractivity contribution in [2.45, 2.75) is 46.0 Å². The van der Waals surface area contributed by atoms with Gasteiger partial charge in [-0.25, -0.2) is 4.79 Å². The van der Waals surface area contributed by atoms with E-state index in [9.17, 15) is 27.9 Å². The highest BCUT2D eigenvalue weighted by Crippen LogP contribution is 2.31. The van der Waals surface area contributed by atoms with Gasteiger partial charge in [-0.15, -0.1) is 0 Å². The van der Waals surface area contributed by atoms with Gasteiger partial charge in [-0.1, -0.05) is 31.5 Å². The molecule has 5 nitrogen and oxygen atoms in total. The smallest absolute Gasteiger partial charge is 0.416 e. The molecule has 8 heteroatoms. The zero-order valence-electron chi connectivity index (χ0n) is 16.7. The second-order valence-electron chi connectivity index (χ2n) is 7.43. The maximum atomic E-state index is 13.2. The summed E-state index contributed by atoms with van der Waals surface area (Å²) in [6.45, 7) is 3.55. The van der Waals surface area contributed by atoms with Gasteiger partial charge >= 0.3 is 17.8 Å². The zero-order chi connectivity index (χ0) is 22.1. The number of halogens is 3. The average Bonchev–Trinajstić information content (AvgIpc) is 2.94. The van der Waals surface area contributed by atoms with Crippen LogP contribution in [0.4, 0.5) is 13.2 Å². The van der Waals surface area contributed by atoms with Crippen LogP contribution >= 0.6 is 0 Å². The maximum Gasteiger partial charge on any atom is 0.416 e. The van der Waals surface area contributed by atoms with Gasteiger partial charge in [0.1, 0.15) is 0 Å². The fourth-order valence-electron chi connectivity index (χ4n) is 3.65. The van der Waals surface area contributed by atoms with Gasteiger partial charge in [-0.2, -0.15) is 13.2 Å². The number of para-hydroxylation sites is 2. The van der Waals surface area contributed by atoms with Crippen LogP contribution in [0.25, 0.3) is 11.0 Å². The van der Waals surface area contributed by atoms with E-state index in [0.29, 0.717) is 35.0 Å². The molecule has 1 heterocycles. The predicted molar refractivity (Wildman–Crippen MR) is 108 cm³/mol. The third kappa shape index (κ3) is 4.27. The van der Waals surface area contributed by atoms with E-state index in [2.05, 4.69) is 0 Å². The SMILES string of the molecule is CCCC(Cn1c(=O)n(Cc2cc(C(F)(F)F)ccc2C)c2ccccc21)C(=O)O. The number of alkyl halides is 3. The Balaban J connectivity index is 2.09. The van der Waals surface area contributed by atoms with Crippen LogP contribution in [0.15, 0.2) is 47.3 Å². The molecule has 0 fully saturated rings. The van der Waals surface area contributed by atoms with Crippen LogP contribution in [0.1, 0.15) is 36.5 Å². The monoisotopic (exact) mass is 420 g/mol. The second-order valence-corrected chi connectivity index (χ2v) is 7.43. The summed E-state index contributed by atoms with van der Waals surface area (Å²) < 4.78 is 42.2. The molecule has 1 atom stereocenters.